The van der Waals surface area contributed by atoms with Gasteiger partial charge in [-0.1, -0.05) is 0 Å². The largest absolute Gasteiger partial charge is 0.488 e. The van der Waals surface area contributed by atoms with Crippen molar-refractivity contribution in [3.8, 4) is 5.75 Å². The molecule has 0 unspecified atom stereocenters. The Morgan fingerprint density at radius 2 is 2.29 bits per heavy atom. The number of nitrogens with zero attached hydrogens (tertiary/aromatic N) is 1. The van der Waals surface area contributed by atoms with Crippen molar-refractivity contribution in [1.82, 2.24) is 9.97 Å². The van der Waals surface area contributed by atoms with Crippen molar-refractivity contribution in [1.29, 1.82) is 0 Å². The molecule has 2 heterocycles. The highest BCUT2D eigenvalue weighted by Crippen LogP contribution is 2.39. The summed E-state index contributed by atoms with van der Waals surface area (Å²) in [5, 5.41) is 0. The lowest BCUT2D eigenvalue weighted by Crippen LogP contribution is -2.07. The number of fused-ring (bicyclic) bond motifs is 1. The van der Waals surface area contributed by atoms with E-state index < -0.39 is 0 Å². The summed E-state index contributed by atoms with van der Waals surface area (Å²) in [6.45, 7) is 0.458. The SMILES string of the molecule is Fc1cc(Br)c2c(c1)C(c1c[nH]cn1)=CCO2. The van der Waals surface area contributed by atoms with Crippen molar-refractivity contribution in [2.45, 2.75) is 0 Å². The fourth-order valence-electron chi connectivity index (χ4n) is 1.88. The number of hydrogen-bond donors (Lipinski definition) is 1. The van der Waals surface area contributed by atoms with Gasteiger partial charge >= 0.3 is 0 Å². The lowest BCUT2D eigenvalue weighted by molar-refractivity contribution is 0.354. The van der Waals surface area contributed by atoms with Crippen LogP contribution in [0.3, 0.4) is 0 Å². The summed E-state index contributed by atoms with van der Waals surface area (Å²) in [5.74, 6) is 0.356. The van der Waals surface area contributed by atoms with Crippen molar-refractivity contribution >= 4 is 21.5 Å². The molecule has 0 bridgehead atoms. The first-order valence-electron chi connectivity index (χ1n) is 5.07. The van der Waals surface area contributed by atoms with Crippen molar-refractivity contribution in [3.63, 3.8) is 0 Å². The van der Waals surface area contributed by atoms with E-state index in [-0.39, 0.29) is 5.82 Å². The van der Waals surface area contributed by atoms with Gasteiger partial charge in [-0.05, 0) is 34.1 Å². The van der Waals surface area contributed by atoms with E-state index in [2.05, 4.69) is 25.9 Å². The molecule has 86 valence electrons. The Labute approximate surface area is 105 Å². The van der Waals surface area contributed by atoms with Crippen LogP contribution in [0.15, 0.2) is 35.2 Å². The van der Waals surface area contributed by atoms with Crippen LogP contribution < -0.4 is 4.74 Å². The highest BCUT2D eigenvalue weighted by atomic mass is 79.9. The number of H-pyrrole nitrogens is 1. The highest BCUT2D eigenvalue weighted by Gasteiger charge is 2.20. The molecule has 0 saturated carbocycles. The van der Waals surface area contributed by atoms with Crippen LogP contribution in [-0.4, -0.2) is 16.6 Å². The van der Waals surface area contributed by atoms with Crippen LogP contribution in [0.4, 0.5) is 4.39 Å². The molecular formula is C12H8BrFN2O. The van der Waals surface area contributed by atoms with Crippen LogP contribution in [0, 0.1) is 5.82 Å². The Bertz CT molecular complexity index is 593. The quantitative estimate of drug-likeness (QED) is 0.877. The fraction of sp³-hybridized carbons (Fsp3) is 0.0833. The molecule has 1 aliphatic heterocycles. The van der Waals surface area contributed by atoms with Crippen molar-refractivity contribution < 1.29 is 9.13 Å². The minimum absolute atomic E-state index is 0.303. The molecule has 0 atom stereocenters. The maximum atomic E-state index is 13.4. The first-order chi connectivity index (χ1) is 8.25. The van der Waals surface area contributed by atoms with Crippen molar-refractivity contribution in [3.05, 3.63) is 52.3 Å². The van der Waals surface area contributed by atoms with Gasteiger partial charge in [0.05, 0.1) is 16.5 Å². The minimum Gasteiger partial charge on any atom is -0.488 e. The normalized spacial score (nSPS) is 13.9. The summed E-state index contributed by atoms with van der Waals surface area (Å²) in [6.07, 6.45) is 5.27. The zero-order valence-electron chi connectivity index (χ0n) is 8.71. The van der Waals surface area contributed by atoms with Gasteiger partial charge in [-0.3, -0.25) is 0 Å². The van der Waals surface area contributed by atoms with Crippen LogP contribution in [0.1, 0.15) is 11.3 Å². The molecule has 0 fully saturated rings. The van der Waals surface area contributed by atoms with Gasteiger partial charge in [0.2, 0.25) is 0 Å². The summed E-state index contributed by atoms with van der Waals surface area (Å²) in [4.78, 5) is 7.07. The standard InChI is InChI=1S/C12H8BrFN2O/c13-10-4-7(14)3-9-8(1-2-17-12(9)10)11-5-15-6-16-11/h1,3-6H,2H2,(H,15,16). The third kappa shape index (κ3) is 1.76. The maximum absolute atomic E-state index is 13.4. The molecule has 0 radical (unpaired) electrons. The van der Waals surface area contributed by atoms with E-state index in [9.17, 15) is 4.39 Å². The van der Waals surface area contributed by atoms with Gasteiger partial charge in [-0.15, -0.1) is 0 Å². The molecular weight excluding hydrogens is 287 g/mol. The van der Waals surface area contributed by atoms with Gasteiger partial charge in [0.15, 0.2) is 0 Å². The lowest BCUT2D eigenvalue weighted by Gasteiger charge is -2.19. The average Bonchev–Trinajstić information content (AvgIpc) is 2.81. The molecule has 1 N–H and O–H groups in total. The highest BCUT2D eigenvalue weighted by molar-refractivity contribution is 9.10. The van der Waals surface area contributed by atoms with Crippen molar-refractivity contribution in [2.24, 2.45) is 0 Å². The predicted molar refractivity (Wildman–Crippen MR) is 65.3 cm³/mol. The number of hydrogen-bond acceptors (Lipinski definition) is 2. The van der Waals surface area contributed by atoms with E-state index in [1.54, 1.807) is 12.5 Å². The van der Waals surface area contributed by atoms with Crippen molar-refractivity contribution in [2.75, 3.05) is 6.61 Å². The molecule has 3 nitrogen and oxygen atoms in total. The number of benzene rings is 1. The number of ether oxygens (including phenoxy) is 1. The second kappa shape index (κ2) is 4.00. The predicted octanol–water partition coefficient (Wildman–Crippen LogP) is 3.14. The number of imidazole rings is 1. The second-order valence-electron chi connectivity index (χ2n) is 3.65. The van der Waals surface area contributed by atoms with Gasteiger partial charge in [-0.2, -0.15) is 0 Å². The number of halogens is 2. The third-order valence-electron chi connectivity index (χ3n) is 2.59. The van der Waals surface area contributed by atoms with Crippen LogP contribution in [0.5, 0.6) is 5.75 Å². The Morgan fingerprint density at radius 1 is 1.41 bits per heavy atom. The Balaban J connectivity index is 2.20. The molecule has 0 spiro atoms. The molecule has 1 aromatic heterocycles. The number of rotatable bonds is 1. The molecule has 1 aromatic carbocycles. The zero-order chi connectivity index (χ0) is 11.8. The van der Waals surface area contributed by atoms with Gasteiger partial charge in [0, 0.05) is 17.3 Å². The Morgan fingerprint density at radius 3 is 3.06 bits per heavy atom. The molecule has 0 aliphatic carbocycles. The third-order valence-corrected chi connectivity index (χ3v) is 3.18. The monoisotopic (exact) mass is 294 g/mol. The van der Waals surface area contributed by atoms with Crippen LogP contribution in [-0.2, 0) is 0 Å². The van der Waals surface area contributed by atoms with Crippen LogP contribution in [0.2, 0.25) is 0 Å². The maximum Gasteiger partial charge on any atom is 0.142 e. The molecule has 5 heteroatoms. The van der Waals surface area contributed by atoms with E-state index in [0.717, 1.165) is 16.8 Å². The van der Waals surface area contributed by atoms with Gasteiger partial charge in [-0.25, -0.2) is 9.37 Å². The summed E-state index contributed by atoms with van der Waals surface area (Å²) in [5.41, 5.74) is 2.38. The molecule has 3 rings (SSSR count). The molecule has 0 saturated heterocycles. The Kier molecular flexibility index (Phi) is 2.48. The van der Waals surface area contributed by atoms with E-state index >= 15 is 0 Å². The fourth-order valence-corrected chi connectivity index (χ4v) is 2.42. The number of nitrogens with one attached hydrogen (secondary N) is 1. The van der Waals surface area contributed by atoms with E-state index in [1.807, 2.05) is 6.08 Å². The van der Waals surface area contributed by atoms with E-state index in [1.165, 1.54) is 12.1 Å². The van der Waals surface area contributed by atoms with Gasteiger partial charge < -0.3 is 9.72 Å². The Hall–Kier alpha value is -1.62. The first-order valence-corrected chi connectivity index (χ1v) is 5.86. The summed E-state index contributed by atoms with van der Waals surface area (Å²) < 4.78 is 19.6. The van der Waals surface area contributed by atoms with E-state index in [0.29, 0.717) is 16.8 Å². The van der Waals surface area contributed by atoms with E-state index in [4.69, 9.17) is 4.74 Å². The lowest BCUT2D eigenvalue weighted by atomic mass is 10.00. The molecule has 2 aromatic rings. The first kappa shape index (κ1) is 10.5. The van der Waals surface area contributed by atoms with Gasteiger partial charge in [0.1, 0.15) is 18.2 Å². The number of aromatic nitrogens is 2. The zero-order valence-corrected chi connectivity index (χ0v) is 10.3. The summed E-state index contributed by atoms with van der Waals surface area (Å²) in [6, 6.07) is 2.85. The smallest absolute Gasteiger partial charge is 0.142 e. The average molecular weight is 295 g/mol. The second-order valence-corrected chi connectivity index (χ2v) is 4.50. The van der Waals surface area contributed by atoms with Crippen LogP contribution in [0.25, 0.3) is 5.57 Å². The summed E-state index contributed by atoms with van der Waals surface area (Å²) >= 11 is 3.30. The summed E-state index contributed by atoms with van der Waals surface area (Å²) in [7, 11) is 0. The molecule has 1 aliphatic rings. The molecule has 17 heavy (non-hydrogen) atoms. The van der Waals surface area contributed by atoms with Crippen LogP contribution >= 0.6 is 15.9 Å². The topological polar surface area (TPSA) is 37.9 Å². The van der Waals surface area contributed by atoms with Gasteiger partial charge in [0.25, 0.3) is 0 Å². The minimum atomic E-state index is -0.303. The number of aromatic amines is 1. The molecule has 0 amide bonds.